The summed E-state index contributed by atoms with van der Waals surface area (Å²) in [6, 6.07) is 0. The fourth-order valence-corrected chi connectivity index (χ4v) is 5.88. The number of fused-ring (bicyclic) bond motifs is 1. The van der Waals surface area contributed by atoms with Gasteiger partial charge in [0.25, 0.3) is 0 Å². The normalized spacial score (nSPS) is 36.0. The molecule has 32 heavy (non-hydrogen) atoms. The van der Waals surface area contributed by atoms with Crippen LogP contribution >= 0.6 is 0 Å². The number of carbonyl (C=O) groups excluding carboxylic acids is 2. The van der Waals surface area contributed by atoms with Crippen LogP contribution in [0.4, 0.5) is 0 Å². The van der Waals surface area contributed by atoms with E-state index in [0.717, 1.165) is 25.7 Å². The lowest BCUT2D eigenvalue weighted by atomic mass is 9.61. The number of aliphatic hydroxyl groups is 1. The first-order valence-electron chi connectivity index (χ1n) is 12.6. The molecular formula is C27H42O5. The van der Waals surface area contributed by atoms with Gasteiger partial charge in [-0.3, -0.25) is 9.59 Å². The maximum Gasteiger partial charge on any atom is 0.308 e. The van der Waals surface area contributed by atoms with Gasteiger partial charge in [0, 0.05) is 12.3 Å². The zero-order valence-corrected chi connectivity index (χ0v) is 20.7. The standard InChI is InChI=1S/C27H42O5/c1-7-17(5)27(30)32-24-11-16(4)10-19-12-23(15(2)3)18(6)22(26(19)24)9-8-21-13-20(28)14-25(29)31-21/h10,12,15-18,20-22,24,26,28H,7-9,11,13-14H2,1-6H3. The molecule has 0 radical (unpaired) electrons. The zero-order chi connectivity index (χ0) is 23.6. The quantitative estimate of drug-likeness (QED) is 0.543. The molecule has 1 aliphatic heterocycles. The second-order valence-corrected chi connectivity index (χ2v) is 10.7. The predicted octanol–water partition coefficient (Wildman–Crippen LogP) is 5.22. The van der Waals surface area contributed by atoms with Gasteiger partial charge >= 0.3 is 11.9 Å². The number of esters is 2. The van der Waals surface area contributed by atoms with Crippen LogP contribution in [0.2, 0.25) is 0 Å². The van der Waals surface area contributed by atoms with Crippen LogP contribution < -0.4 is 0 Å². The van der Waals surface area contributed by atoms with E-state index in [-0.39, 0.29) is 42.4 Å². The molecule has 180 valence electrons. The Bertz CT molecular complexity index is 751. The maximum absolute atomic E-state index is 12.7. The van der Waals surface area contributed by atoms with Gasteiger partial charge in [0.15, 0.2) is 0 Å². The molecule has 0 amide bonds. The van der Waals surface area contributed by atoms with E-state index in [4.69, 9.17) is 9.47 Å². The van der Waals surface area contributed by atoms with Gasteiger partial charge in [-0.2, -0.15) is 0 Å². The van der Waals surface area contributed by atoms with Crippen molar-refractivity contribution in [1.82, 2.24) is 0 Å². The Kier molecular flexibility index (Phi) is 8.24. The van der Waals surface area contributed by atoms with Crippen LogP contribution in [-0.2, 0) is 19.1 Å². The number of rotatable bonds is 7. The topological polar surface area (TPSA) is 72.8 Å². The third-order valence-corrected chi connectivity index (χ3v) is 7.84. The van der Waals surface area contributed by atoms with E-state index in [1.807, 2.05) is 13.8 Å². The number of allylic oxidation sites excluding steroid dienone is 3. The van der Waals surface area contributed by atoms with E-state index >= 15 is 0 Å². The van der Waals surface area contributed by atoms with Crippen LogP contribution in [0.15, 0.2) is 23.3 Å². The highest BCUT2D eigenvalue weighted by molar-refractivity contribution is 5.72. The molecule has 0 aromatic carbocycles. The van der Waals surface area contributed by atoms with Gasteiger partial charge in [0.1, 0.15) is 12.2 Å². The monoisotopic (exact) mass is 446 g/mol. The highest BCUT2D eigenvalue weighted by Crippen LogP contribution is 2.49. The molecule has 2 aliphatic carbocycles. The number of ether oxygens (including phenoxy) is 2. The van der Waals surface area contributed by atoms with Crippen LogP contribution in [0.25, 0.3) is 0 Å². The third kappa shape index (κ3) is 5.65. The molecular weight excluding hydrogens is 404 g/mol. The molecule has 0 spiro atoms. The molecule has 0 saturated carbocycles. The summed E-state index contributed by atoms with van der Waals surface area (Å²) in [5, 5.41) is 10.0. The van der Waals surface area contributed by atoms with Crippen molar-refractivity contribution in [3.63, 3.8) is 0 Å². The Morgan fingerprint density at radius 2 is 1.94 bits per heavy atom. The van der Waals surface area contributed by atoms with Gasteiger partial charge in [0.05, 0.1) is 18.4 Å². The SMILES string of the molecule is CCC(C)C(=O)OC1CC(C)C=C2C=C(C(C)C)C(C)C(CCC3CC(O)CC(=O)O3)C21. The van der Waals surface area contributed by atoms with Gasteiger partial charge in [-0.1, -0.05) is 59.3 Å². The van der Waals surface area contributed by atoms with Gasteiger partial charge in [-0.05, 0) is 54.9 Å². The molecule has 5 heteroatoms. The van der Waals surface area contributed by atoms with Crippen LogP contribution in [0.3, 0.4) is 0 Å². The van der Waals surface area contributed by atoms with Gasteiger partial charge in [0.2, 0.25) is 0 Å². The van der Waals surface area contributed by atoms with E-state index in [9.17, 15) is 14.7 Å². The fraction of sp³-hybridized carbons (Fsp3) is 0.778. The lowest BCUT2D eigenvalue weighted by molar-refractivity contribution is -0.162. The van der Waals surface area contributed by atoms with E-state index in [1.165, 1.54) is 11.1 Å². The molecule has 1 N–H and O–H groups in total. The molecule has 8 atom stereocenters. The molecule has 3 rings (SSSR count). The first-order valence-corrected chi connectivity index (χ1v) is 12.6. The fourth-order valence-electron chi connectivity index (χ4n) is 5.88. The van der Waals surface area contributed by atoms with Crippen LogP contribution in [0.1, 0.15) is 80.1 Å². The molecule has 1 fully saturated rings. The maximum atomic E-state index is 12.7. The van der Waals surface area contributed by atoms with Crippen molar-refractivity contribution in [2.75, 3.05) is 0 Å². The second kappa shape index (κ2) is 10.5. The van der Waals surface area contributed by atoms with Crippen molar-refractivity contribution in [3.8, 4) is 0 Å². The number of aliphatic hydroxyl groups excluding tert-OH is 1. The molecule has 0 aromatic heterocycles. The summed E-state index contributed by atoms with van der Waals surface area (Å²) >= 11 is 0. The van der Waals surface area contributed by atoms with Gasteiger partial charge in [-0.25, -0.2) is 0 Å². The summed E-state index contributed by atoms with van der Waals surface area (Å²) < 4.78 is 11.7. The summed E-state index contributed by atoms with van der Waals surface area (Å²) in [7, 11) is 0. The third-order valence-electron chi connectivity index (χ3n) is 7.84. The minimum atomic E-state index is -0.605. The average molecular weight is 447 g/mol. The minimum absolute atomic E-state index is 0.0935. The van der Waals surface area contributed by atoms with Crippen molar-refractivity contribution >= 4 is 11.9 Å². The van der Waals surface area contributed by atoms with E-state index in [2.05, 4.69) is 39.8 Å². The largest absolute Gasteiger partial charge is 0.462 e. The number of cyclic esters (lactones) is 1. The summed E-state index contributed by atoms with van der Waals surface area (Å²) in [6.45, 7) is 12.9. The highest BCUT2D eigenvalue weighted by Gasteiger charge is 2.44. The molecule has 8 unspecified atom stereocenters. The first kappa shape index (κ1) is 25.0. The summed E-state index contributed by atoms with van der Waals surface area (Å²) in [6.07, 6.45) is 7.61. The van der Waals surface area contributed by atoms with E-state index < -0.39 is 6.10 Å². The Labute approximate surface area is 193 Å². The predicted molar refractivity (Wildman–Crippen MR) is 125 cm³/mol. The number of hydrogen-bond donors (Lipinski definition) is 1. The Hall–Kier alpha value is -1.62. The Morgan fingerprint density at radius 3 is 2.56 bits per heavy atom. The van der Waals surface area contributed by atoms with Crippen LogP contribution in [0, 0.1) is 35.5 Å². The lowest BCUT2D eigenvalue weighted by Gasteiger charge is -2.46. The van der Waals surface area contributed by atoms with Gasteiger partial charge < -0.3 is 14.6 Å². The van der Waals surface area contributed by atoms with E-state index in [1.54, 1.807) is 0 Å². The average Bonchev–Trinajstić information content (AvgIpc) is 2.71. The Morgan fingerprint density at radius 1 is 1.22 bits per heavy atom. The smallest absolute Gasteiger partial charge is 0.308 e. The summed E-state index contributed by atoms with van der Waals surface area (Å²) in [5.74, 6) is 1.15. The molecule has 0 bridgehead atoms. The van der Waals surface area contributed by atoms with Crippen molar-refractivity contribution < 1.29 is 24.2 Å². The zero-order valence-electron chi connectivity index (χ0n) is 20.7. The summed E-state index contributed by atoms with van der Waals surface area (Å²) in [5.41, 5.74) is 2.75. The van der Waals surface area contributed by atoms with Crippen LogP contribution in [0.5, 0.6) is 0 Å². The lowest BCUT2D eigenvalue weighted by Crippen LogP contribution is -2.43. The minimum Gasteiger partial charge on any atom is -0.462 e. The van der Waals surface area contributed by atoms with Crippen molar-refractivity contribution in [1.29, 1.82) is 0 Å². The molecule has 1 heterocycles. The molecule has 1 saturated heterocycles. The van der Waals surface area contributed by atoms with Crippen LogP contribution in [-0.4, -0.2) is 35.4 Å². The Balaban J connectivity index is 1.86. The molecule has 3 aliphatic rings. The summed E-state index contributed by atoms with van der Waals surface area (Å²) in [4.78, 5) is 24.5. The number of carbonyl (C=O) groups is 2. The second-order valence-electron chi connectivity index (χ2n) is 10.7. The van der Waals surface area contributed by atoms with Crippen molar-refractivity contribution in [3.05, 3.63) is 23.3 Å². The van der Waals surface area contributed by atoms with Crippen molar-refractivity contribution in [2.45, 2.75) is 98.4 Å². The van der Waals surface area contributed by atoms with Gasteiger partial charge in [-0.15, -0.1) is 0 Å². The molecule has 0 aromatic rings. The molecule has 5 nitrogen and oxygen atoms in total. The first-order chi connectivity index (χ1) is 15.1. The van der Waals surface area contributed by atoms with E-state index in [0.29, 0.717) is 30.1 Å². The number of hydrogen-bond acceptors (Lipinski definition) is 5. The van der Waals surface area contributed by atoms with Crippen molar-refractivity contribution in [2.24, 2.45) is 35.5 Å². The highest BCUT2D eigenvalue weighted by atomic mass is 16.5.